The number of rotatable bonds is 4. The summed E-state index contributed by atoms with van der Waals surface area (Å²) in [5, 5.41) is 3.87. The quantitative estimate of drug-likeness (QED) is 0.926. The molecule has 0 aliphatic carbocycles. The number of hydrogen-bond acceptors (Lipinski definition) is 3. The second-order valence-corrected chi connectivity index (χ2v) is 5.05. The summed E-state index contributed by atoms with van der Waals surface area (Å²) in [5.74, 6) is 0.252. The first kappa shape index (κ1) is 13.2. The molecule has 1 unspecified atom stereocenters. The first-order valence-electron chi connectivity index (χ1n) is 5.79. The van der Waals surface area contributed by atoms with Crippen LogP contribution in [0.15, 0.2) is 33.3 Å². The Morgan fingerprint density at radius 3 is 2.89 bits per heavy atom. The molecule has 0 amide bonds. The van der Waals surface area contributed by atoms with Crippen molar-refractivity contribution in [3.8, 4) is 11.3 Å². The Morgan fingerprint density at radius 1 is 1.44 bits per heavy atom. The van der Waals surface area contributed by atoms with Crippen molar-refractivity contribution in [2.24, 2.45) is 5.73 Å². The van der Waals surface area contributed by atoms with Crippen LogP contribution in [-0.4, -0.2) is 5.16 Å². The normalized spacial score (nSPS) is 12.7. The average Bonchev–Trinajstić information content (AvgIpc) is 2.78. The van der Waals surface area contributed by atoms with Crippen molar-refractivity contribution in [2.45, 2.75) is 25.8 Å². The monoisotopic (exact) mass is 312 g/mol. The van der Waals surface area contributed by atoms with E-state index in [1.54, 1.807) is 18.2 Å². The average molecular weight is 313 g/mol. The van der Waals surface area contributed by atoms with Gasteiger partial charge in [-0.05, 0) is 24.6 Å². The highest BCUT2D eigenvalue weighted by Gasteiger charge is 2.15. The molecule has 0 saturated carbocycles. The van der Waals surface area contributed by atoms with E-state index in [0.29, 0.717) is 21.5 Å². The minimum atomic E-state index is -0.340. The van der Waals surface area contributed by atoms with Gasteiger partial charge >= 0.3 is 0 Å². The Balaban J connectivity index is 2.29. The van der Waals surface area contributed by atoms with Crippen LogP contribution in [0.5, 0.6) is 0 Å². The molecule has 0 aliphatic heterocycles. The van der Waals surface area contributed by atoms with Crippen LogP contribution in [-0.2, 0) is 0 Å². The maximum atomic E-state index is 13.8. The number of nitrogens with two attached hydrogens (primary N) is 1. The van der Waals surface area contributed by atoms with E-state index in [1.807, 2.05) is 6.92 Å². The molecule has 1 aromatic carbocycles. The molecule has 1 heterocycles. The van der Waals surface area contributed by atoms with Gasteiger partial charge in [0.05, 0.1) is 6.04 Å². The standard InChI is InChI=1S/C13H14BrFN2O/c1-2-3-11(16)13-7-12(17-18-13)9-5-4-8(14)6-10(9)15/h4-7,11H,2-3,16H2,1H3. The molecule has 0 bridgehead atoms. The van der Waals surface area contributed by atoms with Gasteiger partial charge < -0.3 is 10.3 Å². The van der Waals surface area contributed by atoms with E-state index < -0.39 is 0 Å². The predicted octanol–water partition coefficient (Wildman–Crippen LogP) is 4.04. The van der Waals surface area contributed by atoms with Gasteiger partial charge in [0.1, 0.15) is 11.5 Å². The first-order valence-corrected chi connectivity index (χ1v) is 6.58. The van der Waals surface area contributed by atoms with Crippen LogP contribution in [0.4, 0.5) is 4.39 Å². The molecule has 2 N–H and O–H groups in total. The van der Waals surface area contributed by atoms with Crippen LogP contribution in [0, 0.1) is 5.82 Å². The molecule has 2 aromatic rings. The van der Waals surface area contributed by atoms with E-state index in [9.17, 15) is 4.39 Å². The first-order chi connectivity index (χ1) is 8.61. The van der Waals surface area contributed by atoms with Crippen molar-refractivity contribution in [1.82, 2.24) is 5.16 Å². The zero-order chi connectivity index (χ0) is 13.1. The molecular formula is C13H14BrFN2O. The highest BCUT2D eigenvalue weighted by molar-refractivity contribution is 9.10. The van der Waals surface area contributed by atoms with Crippen molar-refractivity contribution in [1.29, 1.82) is 0 Å². The van der Waals surface area contributed by atoms with Gasteiger partial charge in [0.15, 0.2) is 5.76 Å². The zero-order valence-corrected chi connectivity index (χ0v) is 11.6. The van der Waals surface area contributed by atoms with E-state index in [0.717, 1.165) is 12.8 Å². The highest BCUT2D eigenvalue weighted by Crippen LogP contribution is 2.27. The van der Waals surface area contributed by atoms with Crippen molar-refractivity contribution in [3.63, 3.8) is 0 Å². The van der Waals surface area contributed by atoms with Crippen LogP contribution >= 0.6 is 15.9 Å². The molecule has 0 spiro atoms. The number of benzene rings is 1. The van der Waals surface area contributed by atoms with Crippen LogP contribution in [0.3, 0.4) is 0 Å². The van der Waals surface area contributed by atoms with E-state index in [-0.39, 0.29) is 11.9 Å². The Labute approximate surface area is 113 Å². The molecule has 3 nitrogen and oxygen atoms in total. The highest BCUT2D eigenvalue weighted by atomic mass is 79.9. The van der Waals surface area contributed by atoms with E-state index in [4.69, 9.17) is 10.3 Å². The molecule has 0 aliphatic rings. The molecule has 18 heavy (non-hydrogen) atoms. The summed E-state index contributed by atoms with van der Waals surface area (Å²) in [4.78, 5) is 0. The molecule has 1 atom stereocenters. The fourth-order valence-corrected chi connectivity index (χ4v) is 2.07. The van der Waals surface area contributed by atoms with E-state index >= 15 is 0 Å². The van der Waals surface area contributed by atoms with Crippen molar-refractivity contribution >= 4 is 15.9 Å². The van der Waals surface area contributed by atoms with Gasteiger partial charge in [0.25, 0.3) is 0 Å². The van der Waals surface area contributed by atoms with Crippen molar-refractivity contribution < 1.29 is 8.91 Å². The van der Waals surface area contributed by atoms with Gasteiger partial charge in [0, 0.05) is 16.1 Å². The van der Waals surface area contributed by atoms with Crippen LogP contribution in [0.25, 0.3) is 11.3 Å². The van der Waals surface area contributed by atoms with E-state index in [1.165, 1.54) is 6.07 Å². The maximum absolute atomic E-state index is 13.8. The molecule has 0 radical (unpaired) electrons. The second kappa shape index (κ2) is 5.63. The number of aromatic nitrogens is 1. The smallest absolute Gasteiger partial charge is 0.154 e. The van der Waals surface area contributed by atoms with Crippen molar-refractivity contribution in [2.75, 3.05) is 0 Å². The second-order valence-electron chi connectivity index (χ2n) is 4.13. The summed E-state index contributed by atoms with van der Waals surface area (Å²) >= 11 is 3.21. The minimum Gasteiger partial charge on any atom is -0.359 e. The molecule has 96 valence electrons. The Kier molecular flexibility index (Phi) is 4.14. The fourth-order valence-electron chi connectivity index (χ4n) is 1.74. The zero-order valence-electron chi connectivity index (χ0n) is 9.99. The summed E-state index contributed by atoms with van der Waals surface area (Å²) < 4.78 is 19.6. The van der Waals surface area contributed by atoms with Crippen LogP contribution in [0.1, 0.15) is 31.6 Å². The van der Waals surface area contributed by atoms with Gasteiger partial charge in [-0.2, -0.15) is 0 Å². The lowest BCUT2D eigenvalue weighted by molar-refractivity contribution is 0.356. The number of hydrogen-bond donors (Lipinski definition) is 1. The summed E-state index contributed by atoms with van der Waals surface area (Å²) in [6, 6.07) is 6.34. The third kappa shape index (κ3) is 2.79. The fraction of sp³-hybridized carbons (Fsp3) is 0.308. The van der Waals surface area contributed by atoms with Gasteiger partial charge in [-0.3, -0.25) is 0 Å². The lowest BCUT2D eigenvalue weighted by Crippen LogP contribution is -2.08. The molecule has 5 heteroatoms. The van der Waals surface area contributed by atoms with E-state index in [2.05, 4.69) is 21.1 Å². The summed E-state index contributed by atoms with van der Waals surface area (Å²) in [5.41, 5.74) is 6.81. The Bertz CT molecular complexity index is 542. The number of halogens is 2. The minimum absolute atomic E-state index is 0.185. The predicted molar refractivity (Wildman–Crippen MR) is 71.4 cm³/mol. The topological polar surface area (TPSA) is 52.0 Å². The van der Waals surface area contributed by atoms with Gasteiger partial charge in [-0.1, -0.05) is 34.4 Å². The molecule has 2 rings (SSSR count). The third-order valence-corrected chi connectivity index (χ3v) is 3.19. The van der Waals surface area contributed by atoms with Gasteiger partial charge in [-0.15, -0.1) is 0 Å². The summed E-state index contributed by atoms with van der Waals surface area (Å²) in [6.45, 7) is 2.05. The van der Waals surface area contributed by atoms with Crippen LogP contribution < -0.4 is 5.73 Å². The lowest BCUT2D eigenvalue weighted by Gasteiger charge is -2.03. The molecular weight excluding hydrogens is 299 g/mol. The summed E-state index contributed by atoms with van der Waals surface area (Å²) in [7, 11) is 0. The van der Waals surface area contributed by atoms with Gasteiger partial charge in [-0.25, -0.2) is 4.39 Å². The summed E-state index contributed by atoms with van der Waals surface area (Å²) in [6.07, 6.45) is 1.78. The van der Waals surface area contributed by atoms with Gasteiger partial charge in [0.2, 0.25) is 0 Å². The Morgan fingerprint density at radius 2 is 2.22 bits per heavy atom. The Hall–Kier alpha value is -1.20. The SMILES string of the molecule is CCCC(N)c1cc(-c2ccc(Br)cc2F)no1. The molecule has 1 aromatic heterocycles. The lowest BCUT2D eigenvalue weighted by atomic mass is 10.1. The van der Waals surface area contributed by atoms with Crippen molar-refractivity contribution in [3.05, 3.63) is 40.3 Å². The molecule has 0 saturated heterocycles. The third-order valence-electron chi connectivity index (χ3n) is 2.70. The largest absolute Gasteiger partial charge is 0.359 e. The molecule has 0 fully saturated rings. The number of nitrogens with zero attached hydrogens (tertiary/aromatic N) is 1. The van der Waals surface area contributed by atoms with Crippen LogP contribution in [0.2, 0.25) is 0 Å². The maximum Gasteiger partial charge on any atom is 0.154 e.